The number of anilines is 2. The summed E-state index contributed by atoms with van der Waals surface area (Å²) >= 11 is 0. The van der Waals surface area contributed by atoms with Crippen molar-refractivity contribution in [3.05, 3.63) is 82.7 Å². The van der Waals surface area contributed by atoms with Crippen LogP contribution in [0.1, 0.15) is 65.6 Å². The van der Waals surface area contributed by atoms with Gasteiger partial charge in [0.25, 0.3) is 5.91 Å². The third-order valence-corrected chi connectivity index (χ3v) is 7.54. The molecule has 3 aromatic rings. The quantitative estimate of drug-likeness (QED) is 0.152. The molecule has 1 aromatic heterocycles. The van der Waals surface area contributed by atoms with Crippen molar-refractivity contribution in [2.24, 2.45) is 0 Å². The number of hydrogen-bond donors (Lipinski definition) is 2. The molecule has 248 valence electrons. The second-order valence-corrected chi connectivity index (χ2v) is 11.3. The summed E-state index contributed by atoms with van der Waals surface area (Å²) in [7, 11) is 0. The molecule has 1 saturated heterocycles. The Bertz CT molecular complexity index is 1570. The van der Waals surface area contributed by atoms with E-state index in [0.29, 0.717) is 12.5 Å². The lowest BCUT2D eigenvalue weighted by Gasteiger charge is -2.25. The minimum atomic E-state index is -5.47. The largest absolute Gasteiger partial charge is 0.491 e. The summed E-state index contributed by atoms with van der Waals surface area (Å²) in [6, 6.07) is 14.3. The monoisotopic (exact) mass is 653 g/mol. The Labute approximate surface area is 260 Å². The summed E-state index contributed by atoms with van der Waals surface area (Å²) < 4.78 is 86.6. The van der Waals surface area contributed by atoms with Gasteiger partial charge >= 0.3 is 24.3 Å². The Hall–Kier alpha value is -4.33. The van der Waals surface area contributed by atoms with Crippen LogP contribution in [-0.4, -0.2) is 52.9 Å². The van der Waals surface area contributed by atoms with Crippen LogP contribution in [0.5, 0.6) is 0 Å². The highest BCUT2D eigenvalue weighted by Gasteiger charge is 2.43. The van der Waals surface area contributed by atoms with Crippen molar-refractivity contribution in [2.75, 3.05) is 23.3 Å². The zero-order chi connectivity index (χ0) is 33.8. The van der Waals surface area contributed by atoms with E-state index in [1.807, 2.05) is 44.2 Å². The number of nitrogens with one attached hydrogen (secondary N) is 1. The first-order valence-electron chi connectivity index (χ1n) is 14.6. The molecule has 46 heavy (non-hydrogen) atoms. The van der Waals surface area contributed by atoms with Gasteiger partial charge in [0.2, 0.25) is 0 Å². The molecule has 1 fully saturated rings. The van der Waals surface area contributed by atoms with Crippen LogP contribution in [0.2, 0.25) is 0 Å². The molecule has 0 aliphatic carbocycles. The normalized spacial score (nSPS) is 15.3. The lowest BCUT2D eigenvalue weighted by Crippen LogP contribution is -2.29. The molecule has 1 atom stereocenters. The van der Waals surface area contributed by atoms with Crippen molar-refractivity contribution in [3.8, 4) is 0 Å². The van der Waals surface area contributed by atoms with Gasteiger partial charge in [-0.1, -0.05) is 30.3 Å². The fourth-order valence-corrected chi connectivity index (χ4v) is 5.51. The molecule has 14 heteroatoms. The van der Waals surface area contributed by atoms with E-state index >= 15 is 0 Å². The number of rotatable bonds is 10. The highest BCUT2D eigenvalue weighted by atomic mass is 19.4. The predicted molar refractivity (Wildman–Crippen MR) is 156 cm³/mol. The van der Waals surface area contributed by atoms with Gasteiger partial charge < -0.3 is 24.6 Å². The van der Waals surface area contributed by atoms with Gasteiger partial charge in [0.05, 0.1) is 23.8 Å². The number of halogens is 6. The minimum Gasteiger partial charge on any atom is -0.391 e. The van der Waals surface area contributed by atoms with Crippen LogP contribution in [0.4, 0.5) is 37.7 Å². The second kappa shape index (κ2) is 14.0. The van der Waals surface area contributed by atoms with Crippen molar-refractivity contribution < 1.29 is 50.6 Å². The highest BCUT2D eigenvalue weighted by molar-refractivity contribution is 6.04. The number of aliphatic hydroxyl groups excluding tert-OH is 1. The number of aliphatic hydroxyl groups is 1. The van der Waals surface area contributed by atoms with E-state index in [1.165, 1.54) is 11.0 Å². The molecule has 1 amide bonds. The summed E-state index contributed by atoms with van der Waals surface area (Å²) in [5.41, 5.74) is -0.436. The molecule has 8 nitrogen and oxygen atoms in total. The molecule has 0 radical (unpaired) electrons. The van der Waals surface area contributed by atoms with Gasteiger partial charge in [0.1, 0.15) is 5.69 Å². The number of esters is 2. The Morgan fingerprint density at radius 3 is 2.28 bits per heavy atom. The number of aromatic nitrogens is 1. The van der Waals surface area contributed by atoms with Crippen LogP contribution in [-0.2, 0) is 39.8 Å². The first-order chi connectivity index (χ1) is 21.5. The average molecular weight is 654 g/mol. The van der Waals surface area contributed by atoms with Crippen molar-refractivity contribution >= 4 is 29.2 Å². The fourth-order valence-electron chi connectivity index (χ4n) is 5.51. The fraction of sp³-hybridized carbons (Fsp3) is 0.406. The van der Waals surface area contributed by atoms with Crippen LogP contribution in [0, 0.1) is 0 Å². The van der Waals surface area contributed by atoms with Crippen molar-refractivity contribution in [1.82, 2.24) is 4.57 Å². The van der Waals surface area contributed by atoms with E-state index in [2.05, 4.69) is 10.1 Å². The standard InChI is InChI=1S/C32H33F6N3O5/c1-19(2)41-22(10-6-9-20-7-4-3-5-8-20)11-12-26(41)29(44)39-25-15-21(16-28(43)46-30(45)32(36,37)38)27(17-24(25)31(33,34)35)40-14-13-23(42)18-40/h3-5,7-8,11-12,15,17,19,23,42H,6,9-10,13-14,16,18H2,1-2H3,(H,39,44)/t23-/m0/s1. The minimum absolute atomic E-state index is 0.0845. The van der Waals surface area contributed by atoms with Gasteiger partial charge in [-0.15, -0.1) is 0 Å². The lowest BCUT2D eigenvalue weighted by molar-refractivity contribution is -0.201. The number of alkyl halides is 6. The van der Waals surface area contributed by atoms with E-state index in [9.17, 15) is 45.8 Å². The first-order valence-corrected chi connectivity index (χ1v) is 14.6. The van der Waals surface area contributed by atoms with E-state index < -0.39 is 54.0 Å². The molecule has 1 aliphatic heterocycles. The molecular formula is C32H33F6N3O5. The molecule has 2 heterocycles. The number of ether oxygens (including phenoxy) is 1. The van der Waals surface area contributed by atoms with E-state index in [4.69, 9.17) is 0 Å². The third kappa shape index (κ3) is 8.47. The molecular weight excluding hydrogens is 620 g/mol. The maximum atomic E-state index is 14.3. The molecule has 0 spiro atoms. The van der Waals surface area contributed by atoms with Crippen LogP contribution in [0.25, 0.3) is 0 Å². The molecule has 0 saturated carbocycles. The highest BCUT2D eigenvalue weighted by Crippen LogP contribution is 2.40. The number of benzene rings is 2. The van der Waals surface area contributed by atoms with E-state index in [0.717, 1.165) is 30.2 Å². The van der Waals surface area contributed by atoms with Crippen LogP contribution in [0.15, 0.2) is 54.6 Å². The van der Waals surface area contributed by atoms with Crippen molar-refractivity contribution in [3.63, 3.8) is 0 Å². The number of nitrogens with zero attached hydrogens (tertiary/aromatic N) is 2. The van der Waals surface area contributed by atoms with Crippen molar-refractivity contribution in [2.45, 2.75) is 70.4 Å². The zero-order valence-corrected chi connectivity index (χ0v) is 25.0. The van der Waals surface area contributed by atoms with E-state index in [1.54, 1.807) is 10.6 Å². The molecule has 2 N–H and O–H groups in total. The van der Waals surface area contributed by atoms with Gasteiger partial charge in [0.15, 0.2) is 0 Å². The number of β-amino-alcohol motifs (C(OH)–C–C–N with tert-alkyl or cyclic N) is 1. The first kappa shape index (κ1) is 34.5. The van der Waals surface area contributed by atoms with Crippen LogP contribution in [0.3, 0.4) is 0 Å². The SMILES string of the molecule is CC(C)n1c(CCCc2ccccc2)ccc1C(=O)Nc1cc(CC(=O)OC(=O)C(F)(F)F)c(N2CC[C@H](O)C2)cc1C(F)(F)F. The van der Waals surface area contributed by atoms with Gasteiger partial charge in [-0.25, -0.2) is 4.79 Å². The molecule has 1 aliphatic rings. The maximum absolute atomic E-state index is 14.3. The number of aryl methyl sites for hydroxylation is 2. The zero-order valence-electron chi connectivity index (χ0n) is 25.0. The summed E-state index contributed by atoms with van der Waals surface area (Å²) in [6.07, 6.45) is -10.1. The van der Waals surface area contributed by atoms with Gasteiger partial charge in [0, 0.05) is 30.5 Å². The third-order valence-electron chi connectivity index (χ3n) is 7.54. The predicted octanol–water partition coefficient (Wildman–Crippen LogP) is 6.26. The van der Waals surface area contributed by atoms with Crippen molar-refractivity contribution in [1.29, 1.82) is 0 Å². The number of amides is 1. The Balaban J connectivity index is 1.66. The summed E-state index contributed by atoms with van der Waals surface area (Å²) in [6.45, 7) is 3.62. The van der Waals surface area contributed by atoms with Gasteiger partial charge in [-0.2, -0.15) is 26.3 Å². The van der Waals surface area contributed by atoms with Crippen LogP contribution < -0.4 is 10.2 Å². The average Bonchev–Trinajstić information content (AvgIpc) is 3.59. The maximum Gasteiger partial charge on any atom is 0.491 e. The Morgan fingerprint density at radius 1 is 1.00 bits per heavy atom. The topological polar surface area (TPSA) is 101 Å². The lowest BCUT2D eigenvalue weighted by atomic mass is 10.0. The Kier molecular flexibility index (Phi) is 10.5. The molecule has 0 unspecified atom stereocenters. The molecule has 4 rings (SSSR count). The molecule has 2 aromatic carbocycles. The van der Waals surface area contributed by atoms with Gasteiger partial charge in [-0.3, -0.25) is 9.59 Å². The van der Waals surface area contributed by atoms with E-state index in [-0.39, 0.29) is 42.5 Å². The summed E-state index contributed by atoms with van der Waals surface area (Å²) in [5, 5.41) is 12.3. The molecule has 0 bridgehead atoms. The summed E-state index contributed by atoms with van der Waals surface area (Å²) in [4.78, 5) is 38.4. The second-order valence-electron chi connectivity index (χ2n) is 11.3. The number of carbonyl (C=O) groups excluding carboxylic acids is 3. The number of hydrogen-bond acceptors (Lipinski definition) is 6. The van der Waals surface area contributed by atoms with Crippen LogP contribution >= 0.6 is 0 Å². The smallest absolute Gasteiger partial charge is 0.391 e. The number of carbonyl (C=O) groups is 3. The Morgan fingerprint density at radius 2 is 1.70 bits per heavy atom. The van der Waals surface area contributed by atoms with Gasteiger partial charge in [-0.05, 0) is 74.9 Å². The summed E-state index contributed by atoms with van der Waals surface area (Å²) in [5.74, 6) is -5.31.